The molecular formula is C16H15F3N4O. The fourth-order valence-corrected chi connectivity index (χ4v) is 2.70. The van der Waals surface area contributed by atoms with E-state index < -0.39 is 11.7 Å². The van der Waals surface area contributed by atoms with Gasteiger partial charge in [-0.05, 0) is 30.3 Å². The number of hydrogen-bond donors (Lipinski definition) is 1. The second-order valence-electron chi connectivity index (χ2n) is 5.44. The van der Waals surface area contributed by atoms with Gasteiger partial charge in [-0.3, -0.25) is 4.79 Å². The SMILES string of the molecule is C=CC(=O)NC1CN(c2ccc(C(F)(F)F)cc2)c2ccnn2C1. The minimum Gasteiger partial charge on any atom is -0.346 e. The maximum Gasteiger partial charge on any atom is 0.416 e. The van der Waals surface area contributed by atoms with Crippen LogP contribution < -0.4 is 10.2 Å². The molecule has 1 unspecified atom stereocenters. The summed E-state index contributed by atoms with van der Waals surface area (Å²) in [6, 6.07) is 6.47. The Kier molecular flexibility index (Phi) is 4.04. The van der Waals surface area contributed by atoms with Crippen molar-refractivity contribution in [2.75, 3.05) is 11.4 Å². The third kappa shape index (κ3) is 3.12. The van der Waals surface area contributed by atoms with E-state index in [9.17, 15) is 18.0 Å². The van der Waals surface area contributed by atoms with Crippen LogP contribution in [0.4, 0.5) is 24.7 Å². The summed E-state index contributed by atoms with van der Waals surface area (Å²) in [4.78, 5) is 13.4. The molecule has 1 aromatic heterocycles. The van der Waals surface area contributed by atoms with E-state index >= 15 is 0 Å². The number of nitrogens with one attached hydrogen (secondary N) is 1. The Morgan fingerprint density at radius 3 is 2.58 bits per heavy atom. The van der Waals surface area contributed by atoms with Gasteiger partial charge in [-0.15, -0.1) is 0 Å². The van der Waals surface area contributed by atoms with Crippen molar-refractivity contribution < 1.29 is 18.0 Å². The quantitative estimate of drug-likeness (QED) is 0.877. The minimum atomic E-state index is -4.37. The molecule has 2 aromatic rings. The van der Waals surface area contributed by atoms with Gasteiger partial charge in [0.15, 0.2) is 0 Å². The molecular weight excluding hydrogens is 321 g/mol. The Balaban J connectivity index is 1.89. The van der Waals surface area contributed by atoms with E-state index in [-0.39, 0.29) is 11.9 Å². The highest BCUT2D eigenvalue weighted by Crippen LogP contribution is 2.33. The van der Waals surface area contributed by atoms with Crippen LogP contribution in [0.25, 0.3) is 0 Å². The molecule has 0 spiro atoms. The third-order valence-electron chi connectivity index (χ3n) is 3.81. The smallest absolute Gasteiger partial charge is 0.346 e. The summed E-state index contributed by atoms with van der Waals surface area (Å²) in [5.74, 6) is 0.460. The first-order valence-corrected chi connectivity index (χ1v) is 7.28. The first-order valence-electron chi connectivity index (χ1n) is 7.28. The summed E-state index contributed by atoms with van der Waals surface area (Å²) in [6.07, 6.45) is -1.58. The second kappa shape index (κ2) is 6.03. The monoisotopic (exact) mass is 336 g/mol. The lowest BCUT2D eigenvalue weighted by molar-refractivity contribution is -0.137. The summed E-state index contributed by atoms with van der Waals surface area (Å²) in [7, 11) is 0. The van der Waals surface area contributed by atoms with Gasteiger partial charge in [-0.2, -0.15) is 18.3 Å². The lowest BCUT2D eigenvalue weighted by Gasteiger charge is -2.35. The number of benzene rings is 1. The number of hydrogen-bond acceptors (Lipinski definition) is 3. The van der Waals surface area contributed by atoms with Crippen molar-refractivity contribution in [3.8, 4) is 0 Å². The topological polar surface area (TPSA) is 50.2 Å². The van der Waals surface area contributed by atoms with Gasteiger partial charge in [-0.1, -0.05) is 6.58 Å². The van der Waals surface area contributed by atoms with Crippen molar-refractivity contribution in [3.63, 3.8) is 0 Å². The Morgan fingerprint density at radius 2 is 1.96 bits per heavy atom. The van der Waals surface area contributed by atoms with Crippen LogP contribution in [0.15, 0.2) is 49.2 Å². The fourth-order valence-electron chi connectivity index (χ4n) is 2.70. The summed E-state index contributed by atoms with van der Waals surface area (Å²) in [6.45, 7) is 4.33. The molecule has 8 heteroatoms. The average Bonchev–Trinajstić information content (AvgIpc) is 3.01. The molecule has 0 saturated heterocycles. The lowest BCUT2D eigenvalue weighted by atomic mass is 10.1. The Labute approximate surface area is 136 Å². The Morgan fingerprint density at radius 1 is 1.25 bits per heavy atom. The highest BCUT2D eigenvalue weighted by atomic mass is 19.4. The predicted octanol–water partition coefficient (Wildman–Crippen LogP) is 2.72. The summed E-state index contributed by atoms with van der Waals surface area (Å²) >= 11 is 0. The zero-order chi connectivity index (χ0) is 17.3. The molecule has 1 aliphatic rings. The molecule has 1 amide bonds. The van der Waals surface area contributed by atoms with E-state index in [0.717, 1.165) is 18.0 Å². The van der Waals surface area contributed by atoms with E-state index in [4.69, 9.17) is 0 Å². The van der Waals surface area contributed by atoms with E-state index in [0.29, 0.717) is 18.8 Å². The molecule has 0 aliphatic carbocycles. The van der Waals surface area contributed by atoms with Gasteiger partial charge < -0.3 is 10.2 Å². The molecule has 0 radical (unpaired) electrons. The molecule has 1 aromatic carbocycles. The Hall–Kier alpha value is -2.77. The van der Waals surface area contributed by atoms with Crippen molar-refractivity contribution in [2.24, 2.45) is 0 Å². The Bertz CT molecular complexity index is 751. The van der Waals surface area contributed by atoms with Gasteiger partial charge in [0, 0.05) is 18.3 Å². The van der Waals surface area contributed by atoms with Crippen LogP contribution in [0.5, 0.6) is 0 Å². The number of alkyl halides is 3. The summed E-state index contributed by atoms with van der Waals surface area (Å²) < 4.78 is 39.8. The highest BCUT2D eigenvalue weighted by Gasteiger charge is 2.31. The van der Waals surface area contributed by atoms with E-state index in [2.05, 4.69) is 17.0 Å². The second-order valence-corrected chi connectivity index (χ2v) is 5.44. The molecule has 1 N–H and O–H groups in total. The van der Waals surface area contributed by atoms with Crippen molar-refractivity contribution in [3.05, 3.63) is 54.7 Å². The molecule has 1 aliphatic heterocycles. The molecule has 126 valence electrons. The highest BCUT2D eigenvalue weighted by molar-refractivity contribution is 5.87. The number of nitrogens with zero attached hydrogens (tertiary/aromatic N) is 3. The molecule has 24 heavy (non-hydrogen) atoms. The maximum absolute atomic E-state index is 12.7. The van der Waals surface area contributed by atoms with E-state index in [1.165, 1.54) is 18.2 Å². The number of carbonyl (C=O) groups is 1. The average molecular weight is 336 g/mol. The lowest BCUT2D eigenvalue weighted by Crippen LogP contribution is -2.48. The first-order chi connectivity index (χ1) is 11.4. The normalized spacial score (nSPS) is 17.3. The van der Waals surface area contributed by atoms with Crippen molar-refractivity contribution in [1.29, 1.82) is 0 Å². The molecule has 1 atom stereocenters. The van der Waals surface area contributed by atoms with Crippen LogP contribution in [-0.2, 0) is 17.5 Å². The number of fused-ring (bicyclic) bond motifs is 1. The largest absolute Gasteiger partial charge is 0.416 e. The van der Waals surface area contributed by atoms with Crippen molar-refractivity contribution in [2.45, 2.75) is 18.8 Å². The molecule has 5 nitrogen and oxygen atoms in total. The van der Waals surface area contributed by atoms with Gasteiger partial charge in [-0.25, -0.2) is 4.68 Å². The van der Waals surface area contributed by atoms with Gasteiger partial charge in [0.1, 0.15) is 5.82 Å². The van der Waals surface area contributed by atoms with Gasteiger partial charge in [0.2, 0.25) is 5.91 Å². The molecule has 3 rings (SSSR count). The van der Waals surface area contributed by atoms with E-state index in [1.807, 2.05) is 4.90 Å². The zero-order valence-electron chi connectivity index (χ0n) is 12.6. The number of rotatable bonds is 3. The minimum absolute atomic E-state index is 0.231. The van der Waals surface area contributed by atoms with Crippen LogP contribution in [0.1, 0.15) is 5.56 Å². The van der Waals surface area contributed by atoms with Crippen LogP contribution in [0, 0.1) is 0 Å². The van der Waals surface area contributed by atoms with Crippen molar-refractivity contribution >= 4 is 17.4 Å². The van der Waals surface area contributed by atoms with Crippen LogP contribution in [-0.4, -0.2) is 28.3 Å². The third-order valence-corrected chi connectivity index (χ3v) is 3.81. The zero-order valence-corrected chi connectivity index (χ0v) is 12.6. The predicted molar refractivity (Wildman–Crippen MR) is 82.8 cm³/mol. The number of anilines is 2. The van der Waals surface area contributed by atoms with Crippen LogP contribution in [0.2, 0.25) is 0 Å². The first kappa shape index (κ1) is 16.1. The number of carbonyl (C=O) groups excluding carboxylic acids is 1. The van der Waals surface area contributed by atoms with Crippen LogP contribution >= 0.6 is 0 Å². The van der Waals surface area contributed by atoms with Crippen LogP contribution in [0.3, 0.4) is 0 Å². The fraction of sp³-hybridized carbons (Fsp3) is 0.250. The number of halogens is 3. The number of aromatic nitrogens is 2. The standard InChI is InChI=1S/C16H15F3N4O/c1-2-14(24)21-12-9-22(15-7-8-20-23(15)10-12)13-5-3-11(4-6-13)16(17,18)19/h2-8,12H,1,9-10H2,(H,21,24). The number of amides is 1. The molecule has 0 bridgehead atoms. The van der Waals surface area contributed by atoms with Gasteiger partial charge >= 0.3 is 6.18 Å². The molecule has 2 heterocycles. The molecule has 0 fully saturated rings. The van der Waals surface area contributed by atoms with Crippen molar-refractivity contribution in [1.82, 2.24) is 15.1 Å². The van der Waals surface area contributed by atoms with Gasteiger partial charge in [0.25, 0.3) is 0 Å². The molecule has 0 saturated carbocycles. The van der Waals surface area contributed by atoms with E-state index in [1.54, 1.807) is 16.9 Å². The van der Waals surface area contributed by atoms with Gasteiger partial charge in [0.05, 0.1) is 24.3 Å². The summed E-state index contributed by atoms with van der Waals surface area (Å²) in [5.41, 5.74) is -0.101. The summed E-state index contributed by atoms with van der Waals surface area (Å²) in [5, 5.41) is 6.99. The maximum atomic E-state index is 12.7.